The summed E-state index contributed by atoms with van der Waals surface area (Å²) in [7, 11) is -0.846. The largest absolute Gasteiger partial charge is 0.494 e. The minimum Gasteiger partial charge on any atom is -0.494 e. The number of piperidine rings is 1. The van der Waals surface area contributed by atoms with E-state index < -0.39 is 9.73 Å². The van der Waals surface area contributed by atoms with Crippen molar-refractivity contribution in [1.29, 1.82) is 10.0 Å². The molecule has 132 valence electrons. The summed E-state index contributed by atoms with van der Waals surface area (Å²) in [4.78, 5) is 6.61. The van der Waals surface area contributed by atoms with E-state index in [0.717, 1.165) is 42.5 Å². The molecular formula is C18H22N4O2S. The predicted octanol–water partition coefficient (Wildman–Crippen LogP) is 3.01. The first kappa shape index (κ1) is 17.5. The molecule has 0 spiro atoms. The molecule has 0 aliphatic carbocycles. The van der Waals surface area contributed by atoms with Crippen molar-refractivity contribution < 1.29 is 8.95 Å². The van der Waals surface area contributed by atoms with Crippen LogP contribution in [0.5, 0.6) is 5.75 Å². The highest BCUT2D eigenvalue weighted by molar-refractivity contribution is 7.91. The van der Waals surface area contributed by atoms with Gasteiger partial charge in [-0.05, 0) is 24.8 Å². The number of hydrogen-bond acceptors (Lipinski definition) is 6. The summed E-state index contributed by atoms with van der Waals surface area (Å²) >= 11 is 0. The highest BCUT2D eigenvalue weighted by atomic mass is 32.2. The van der Waals surface area contributed by atoms with E-state index >= 15 is 0 Å². The molecule has 25 heavy (non-hydrogen) atoms. The first-order chi connectivity index (χ1) is 11.9. The fourth-order valence-corrected chi connectivity index (χ4v) is 4.78. The molecule has 0 bridgehead atoms. The van der Waals surface area contributed by atoms with Gasteiger partial charge >= 0.3 is 0 Å². The monoisotopic (exact) mass is 358 g/mol. The van der Waals surface area contributed by atoms with Gasteiger partial charge in [-0.1, -0.05) is 12.1 Å². The third kappa shape index (κ3) is 3.69. The molecule has 7 heteroatoms. The van der Waals surface area contributed by atoms with E-state index in [1.807, 2.05) is 18.2 Å². The quantitative estimate of drug-likeness (QED) is 0.907. The molecule has 1 fully saturated rings. The Morgan fingerprint density at radius 3 is 2.76 bits per heavy atom. The van der Waals surface area contributed by atoms with Crippen molar-refractivity contribution in [3.05, 3.63) is 30.0 Å². The molecule has 1 aromatic carbocycles. The molecule has 1 atom stereocenters. The molecule has 1 N–H and O–H groups in total. The van der Waals surface area contributed by atoms with Crippen LogP contribution >= 0.6 is 0 Å². The van der Waals surface area contributed by atoms with Crippen molar-refractivity contribution in [2.24, 2.45) is 5.92 Å². The van der Waals surface area contributed by atoms with Gasteiger partial charge in [0.1, 0.15) is 17.3 Å². The maximum Gasteiger partial charge on any atom is 0.145 e. The van der Waals surface area contributed by atoms with Crippen LogP contribution in [0.15, 0.2) is 24.4 Å². The fraction of sp³-hybridized carbons (Fsp3) is 0.444. The fourth-order valence-electron chi connectivity index (χ4n) is 3.54. The Bertz CT molecular complexity index is 926. The molecule has 2 aromatic rings. The minimum atomic E-state index is -2.46. The van der Waals surface area contributed by atoms with Gasteiger partial charge in [-0.3, -0.25) is 14.0 Å². The average Bonchev–Trinajstić information content (AvgIpc) is 2.59. The molecule has 6 nitrogen and oxygen atoms in total. The molecule has 0 saturated carbocycles. The van der Waals surface area contributed by atoms with Crippen LogP contribution in [0.3, 0.4) is 0 Å². The topological polar surface area (TPSA) is 90.1 Å². The van der Waals surface area contributed by atoms with E-state index in [-0.39, 0.29) is 0 Å². The first-order valence-corrected chi connectivity index (χ1v) is 10.4. The van der Waals surface area contributed by atoms with Gasteiger partial charge in [0, 0.05) is 46.4 Å². The number of pyridine rings is 1. The van der Waals surface area contributed by atoms with Crippen molar-refractivity contribution in [2.75, 3.05) is 37.1 Å². The van der Waals surface area contributed by atoms with Crippen molar-refractivity contribution in [3.63, 3.8) is 0 Å². The number of para-hydroxylation sites is 1. The molecule has 1 saturated heterocycles. The van der Waals surface area contributed by atoms with Gasteiger partial charge in [0.05, 0.1) is 18.4 Å². The Balaban J connectivity index is 1.95. The van der Waals surface area contributed by atoms with E-state index in [1.54, 1.807) is 13.3 Å². The maximum atomic E-state index is 11.7. The van der Waals surface area contributed by atoms with Crippen molar-refractivity contribution in [2.45, 2.75) is 12.8 Å². The lowest BCUT2D eigenvalue weighted by Gasteiger charge is -2.34. The molecule has 1 aliphatic rings. The summed E-state index contributed by atoms with van der Waals surface area (Å²) in [6.45, 7) is 1.57. The van der Waals surface area contributed by atoms with E-state index in [1.165, 1.54) is 6.26 Å². The second-order valence-electron chi connectivity index (χ2n) is 6.59. The summed E-state index contributed by atoms with van der Waals surface area (Å²) in [5, 5.41) is 10.4. The average molecular weight is 358 g/mol. The number of methoxy groups -OCH3 is 1. The SMILES string of the molecule is COc1cccc2c(N3CCC(CS(C)(=N)=O)CC3)c(C#N)cnc12. The number of ether oxygens (including phenoxy) is 1. The summed E-state index contributed by atoms with van der Waals surface area (Å²) in [5.74, 6) is 1.45. The lowest BCUT2D eigenvalue weighted by atomic mass is 9.97. The third-order valence-electron chi connectivity index (χ3n) is 4.66. The van der Waals surface area contributed by atoms with Gasteiger partial charge < -0.3 is 9.64 Å². The van der Waals surface area contributed by atoms with Crippen LogP contribution in [0.25, 0.3) is 10.9 Å². The van der Waals surface area contributed by atoms with E-state index in [2.05, 4.69) is 16.0 Å². The lowest BCUT2D eigenvalue weighted by molar-refractivity contribution is 0.419. The number of rotatable bonds is 4. The van der Waals surface area contributed by atoms with Crippen molar-refractivity contribution in [3.8, 4) is 11.8 Å². The van der Waals surface area contributed by atoms with Crippen LogP contribution in [-0.4, -0.2) is 41.4 Å². The summed E-state index contributed by atoms with van der Waals surface area (Å²) in [5.41, 5.74) is 2.20. The molecule has 1 aromatic heterocycles. The zero-order valence-corrected chi connectivity index (χ0v) is 15.3. The Labute approximate surface area is 148 Å². The first-order valence-electron chi connectivity index (χ1n) is 8.25. The Morgan fingerprint density at radius 2 is 2.16 bits per heavy atom. The number of hydrogen-bond donors (Lipinski definition) is 1. The molecular weight excluding hydrogens is 336 g/mol. The van der Waals surface area contributed by atoms with Crippen LogP contribution in [0.1, 0.15) is 18.4 Å². The van der Waals surface area contributed by atoms with Gasteiger partial charge in [-0.2, -0.15) is 5.26 Å². The number of fused-ring (bicyclic) bond motifs is 1. The lowest BCUT2D eigenvalue weighted by Crippen LogP contribution is -2.36. The number of nitrogens with zero attached hydrogens (tertiary/aromatic N) is 3. The normalized spacial score (nSPS) is 17.9. The van der Waals surface area contributed by atoms with Crippen LogP contribution in [0, 0.1) is 22.0 Å². The van der Waals surface area contributed by atoms with E-state index in [9.17, 15) is 9.47 Å². The molecule has 3 rings (SSSR count). The number of anilines is 1. The van der Waals surface area contributed by atoms with Crippen LogP contribution in [0.4, 0.5) is 5.69 Å². The van der Waals surface area contributed by atoms with Crippen LogP contribution in [-0.2, 0) is 9.73 Å². The highest BCUT2D eigenvalue weighted by Crippen LogP contribution is 2.35. The molecule has 1 unspecified atom stereocenters. The molecule has 2 heterocycles. The Kier molecular flexibility index (Phi) is 4.82. The number of benzene rings is 1. The van der Waals surface area contributed by atoms with E-state index in [0.29, 0.717) is 23.0 Å². The number of nitriles is 1. The minimum absolute atomic E-state index is 0.305. The third-order valence-corrected chi connectivity index (χ3v) is 5.76. The standard InChI is InChI=1S/C18H22N4O2S/c1-24-16-5-3-4-15-17(16)21-11-14(10-19)18(15)22-8-6-13(7-9-22)12-25(2,20)23/h3-5,11,13,20H,6-9,12H2,1-2H3. The number of nitrogens with one attached hydrogen (secondary N) is 1. The Morgan fingerprint density at radius 1 is 1.44 bits per heavy atom. The zero-order chi connectivity index (χ0) is 18.0. The van der Waals surface area contributed by atoms with Gasteiger partial charge in [0.25, 0.3) is 0 Å². The number of aromatic nitrogens is 1. The summed E-state index contributed by atoms with van der Waals surface area (Å²) in [6.07, 6.45) is 4.87. The molecule has 0 radical (unpaired) electrons. The van der Waals surface area contributed by atoms with Gasteiger partial charge in [0.2, 0.25) is 0 Å². The van der Waals surface area contributed by atoms with Crippen LogP contribution < -0.4 is 9.64 Å². The van der Waals surface area contributed by atoms with Gasteiger partial charge in [-0.15, -0.1) is 0 Å². The Hall–Kier alpha value is -2.33. The van der Waals surface area contributed by atoms with Gasteiger partial charge in [-0.25, -0.2) is 0 Å². The predicted molar refractivity (Wildman–Crippen MR) is 99.6 cm³/mol. The second-order valence-corrected chi connectivity index (χ2v) is 8.93. The van der Waals surface area contributed by atoms with Crippen molar-refractivity contribution >= 4 is 26.3 Å². The molecule has 1 aliphatic heterocycles. The summed E-state index contributed by atoms with van der Waals surface area (Å²) < 4.78 is 24.8. The molecule has 0 amide bonds. The zero-order valence-electron chi connectivity index (χ0n) is 14.5. The van der Waals surface area contributed by atoms with Crippen molar-refractivity contribution in [1.82, 2.24) is 4.98 Å². The second kappa shape index (κ2) is 6.89. The maximum absolute atomic E-state index is 11.7. The highest BCUT2D eigenvalue weighted by Gasteiger charge is 2.25. The van der Waals surface area contributed by atoms with Gasteiger partial charge in [0.15, 0.2) is 0 Å². The van der Waals surface area contributed by atoms with E-state index in [4.69, 9.17) is 9.52 Å². The summed E-state index contributed by atoms with van der Waals surface area (Å²) in [6, 6.07) is 7.99. The smallest absolute Gasteiger partial charge is 0.145 e. The van der Waals surface area contributed by atoms with Crippen LogP contribution in [0.2, 0.25) is 0 Å².